The van der Waals surface area contributed by atoms with E-state index in [0.717, 1.165) is 0 Å². The highest BCUT2D eigenvalue weighted by Gasteiger charge is 2.46. The Kier molecular flexibility index (Phi) is 3.16. The fourth-order valence-corrected chi connectivity index (χ4v) is 1.12. The van der Waals surface area contributed by atoms with Crippen LogP contribution in [0.4, 0.5) is 17.6 Å². The van der Waals surface area contributed by atoms with E-state index in [1.54, 1.807) is 0 Å². The summed E-state index contributed by atoms with van der Waals surface area (Å²) in [6.45, 7) is 1.32. The molecule has 0 spiro atoms. The lowest BCUT2D eigenvalue weighted by Crippen LogP contribution is -2.35. The number of halogens is 4. The molecule has 1 aliphatic carbocycles. The molecule has 6 heteroatoms. The van der Waals surface area contributed by atoms with E-state index >= 15 is 0 Å². The fraction of sp³-hybridized carbons (Fsp3) is 0.444. The quantitative estimate of drug-likeness (QED) is 0.532. The average molecular weight is 224 g/mol. The molecule has 0 aromatic carbocycles. The third-order valence-corrected chi connectivity index (χ3v) is 1.82. The molecule has 0 fully saturated rings. The summed E-state index contributed by atoms with van der Waals surface area (Å²) in [5, 5.41) is 0. The molecule has 0 amide bonds. The van der Waals surface area contributed by atoms with Gasteiger partial charge in [-0.1, -0.05) is 0 Å². The van der Waals surface area contributed by atoms with Crippen LogP contribution in [0, 0.1) is 5.92 Å². The molecule has 0 bridgehead atoms. The maximum Gasteiger partial charge on any atom is 0.319 e. The zero-order valence-corrected chi connectivity index (χ0v) is 7.77. The summed E-state index contributed by atoms with van der Waals surface area (Å²) in [5.74, 6) is -10.3. The number of alkyl halides is 2. The Morgan fingerprint density at radius 1 is 1.47 bits per heavy atom. The molecule has 0 aromatic rings. The summed E-state index contributed by atoms with van der Waals surface area (Å²) >= 11 is 0. The van der Waals surface area contributed by atoms with Crippen LogP contribution in [0.1, 0.15) is 6.92 Å². The molecule has 0 radical (unpaired) electrons. The normalized spacial score (nSPS) is 24.2. The Labute approximate surface area is 83.2 Å². The van der Waals surface area contributed by atoms with Gasteiger partial charge in [-0.05, 0) is 13.0 Å². The second kappa shape index (κ2) is 4.04. The maximum absolute atomic E-state index is 13.0. The van der Waals surface area contributed by atoms with E-state index in [1.165, 1.54) is 6.92 Å². The van der Waals surface area contributed by atoms with E-state index in [0.29, 0.717) is 0 Å². The summed E-state index contributed by atoms with van der Waals surface area (Å²) in [4.78, 5) is 11.0. The zero-order chi connectivity index (χ0) is 11.6. The van der Waals surface area contributed by atoms with Crippen molar-refractivity contribution in [3.63, 3.8) is 0 Å². The first kappa shape index (κ1) is 11.7. The van der Waals surface area contributed by atoms with Crippen molar-refractivity contribution >= 4 is 5.97 Å². The fourth-order valence-electron chi connectivity index (χ4n) is 1.12. The van der Waals surface area contributed by atoms with Crippen molar-refractivity contribution in [1.29, 1.82) is 0 Å². The number of rotatable bonds is 2. The van der Waals surface area contributed by atoms with Crippen molar-refractivity contribution in [2.75, 3.05) is 6.61 Å². The summed E-state index contributed by atoms with van der Waals surface area (Å²) in [6, 6.07) is 0. The van der Waals surface area contributed by atoms with Crippen LogP contribution in [0.3, 0.4) is 0 Å². The van der Waals surface area contributed by atoms with Gasteiger partial charge in [-0.25, -0.2) is 17.6 Å². The van der Waals surface area contributed by atoms with Crippen molar-refractivity contribution in [3.05, 3.63) is 23.8 Å². The molecule has 15 heavy (non-hydrogen) atoms. The monoisotopic (exact) mass is 224 g/mol. The second-order valence-corrected chi connectivity index (χ2v) is 2.91. The van der Waals surface area contributed by atoms with Gasteiger partial charge in [0, 0.05) is 6.08 Å². The van der Waals surface area contributed by atoms with E-state index in [2.05, 4.69) is 4.74 Å². The SMILES string of the molecule is CCOC(=O)C1C=C(F)C(F)=CC1(F)F. The van der Waals surface area contributed by atoms with E-state index in [-0.39, 0.29) is 18.8 Å². The molecule has 0 saturated carbocycles. The summed E-state index contributed by atoms with van der Waals surface area (Å²) in [7, 11) is 0. The minimum absolute atomic E-state index is 0.104. The summed E-state index contributed by atoms with van der Waals surface area (Å²) in [5.41, 5.74) is 0. The lowest BCUT2D eigenvalue weighted by atomic mass is 9.95. The van der Waals surface area contributed by atoms with Gasteiger partial charge < -0.3 is 4.74 Å². The lowest BCUT2D eigenvalue weighted by Gasteiger charge is -2.22. The van der Waals surface area contributed by atoms with E-state index in [4.69, 9.17) is 0 Å². The second-order valence-electron chi connectivity index (χ2n) is 2.91. The number of carbonyl (C=O) groups is 1. The predicted molar refractivity (Wildman–Crippen MR) is 43.5 cm³/mol. The molecule has 84 valence electrons. The molecule has 2 nitrogen and oxygen atoms in total. The van der Waals surface area contributed by atoms with Gasteiger partial charge in [0.15, 0.2) is 11.7 Å². The zero-order valence-electron chi connectivity index (χ0n) is 7.77. The highest BCUT2D eigenvalue weighted by Crippen LogP contribution is 2.37. The molecular weight excluding hydrogens is 216 g/mol. The van der Waals surface area contributed by atoms with Crippen LogP contribution >= 0.6 is 0 Å². The average Bonchev–Trinajstić information content (AvgIpc) is 2.11. The maximum atomic E-state index is 13.0. The number of ether oxygens (including phenoxy) is 1. The standard InChI is InChI=1S/C9H8F4O2/c1-2-15-8(14)5-3-6(10)7(11)4-9(5,12)13/h3-5H,2H2,1H3. The molecule has 0 saturated heterocycles. The van der Waals surface area contributed by atoms with Crippen molar-refractivity contribution in [2.24, 2.45) is 5.92 Å². The molecule has 0 heterocycles. The van der Waals surface area contributed by atoms with Crippen LogP contribution in [0.5, 0.6) is 0 Å². The molecule has 1 aliphatic rings. The smallest absolute Gasteiger partial charge is 0.319 e. The Morgan fingerprint density at radius 3 is 2.60 bits per heavy atom. The van der Waals surface area contributed by atoms with Crippen LogP contribution in [0.2, 0.25) is 0 Å². The number of hydrogen-bond donors (Lipinski definition) is 0. The Hall–Kier alpha value is -1.33. The Morgan fingerprint density at radius 2 is 2.07 bits per heavy atom. The summed E-state index contributed by atoms with van der Waals surface area (Å²) < 4.78 is 55.5. The predicted octanol–water partition coefficient (Wildman–Crippen LogP) is 2.52. The molecule has 1 atom stereocenters. The van der Waals surface area contributed by atoms with Gasteiger partial charge in [0.25, 0.3) is 5.92 Å². The molecule has 0 aromatic heterocycles. The minimum atomic E-state index is -3.76. The van der Waals surface area contributed by atoms with E-state index in [9.17, 15) is 22.4 Å². The van der Waals surface area contributed by atoms with Crippen molar-refractivity contribution < 1.29 is 27.1 Å². The van der Waals surface area contributed by atoms with Gasteiger partial charge in [0.05, 0.1) is 6.61 Å². The molecule has 1 rings (SSSR count). The highest BCUT2D eigenvalue weighted by atomic mass is 19.3. The number of allylic oxidation sites excluding steroid dienone is 3. The van der Waals surface area contributed by atoms with Gasteiger partial charge >= 0.3 is 5.97 Å². The molecule has 1 unspecified atom stereocenters. The van der Waals surface area contributed by atoms with Gasteiger partial charge in [-0.2, -0.15) is 0 Å². The number of carbonyl (C=O) groups excluding carboxylic acids is 1. The molecule has 0 N–H and O–H groups in total. The van der Waals surface area contributed by atoms with Crippen LogP contribution in [0.15, 0.2) is 23.8 Å². The minimum Gasteiger partial charge on any atom is -0.465 e. The van der Waals surface area contributed by atoms with Crippen molar-refractivity contribution in [2.45, 2.75) is 12.8 Å². The topological polar surface area (TPSA) is 26.3 Å². The number of hydrogen-bond acceptors (Lipinski definition) is 2. The first-order valence-corrected chi connectivity index (χ1v) is 4.19. The third kappa shape index (κ3) is 2.37. The Balaban J connectivity index is 2.95. The van der Waals surface area contributed by atoms with Crippen molar-refractivity contribution in [1.82, 2.24) is 0 Å². The van der Waals surface area contributed by atoms with Crippen LogP contribution in [-0.2, 0) is 9.53 Å². The van der Waals surface area contributed by atoms with E-state index in [1.807, 2.05) is 0 Å². The van der Waals surface area contributed by atoms with Gasteiger partial charge in [0.2, 0.25) is 0 Å². The van der Waals surface area contributed by atoms with Gasteiger partial charge in [0.1, 0.15) is 5.92 Å². The Bertz CT molecular complexity index is 333. The van der Waals surface area contributed by atoms with Crippen LogP contribution in [-0.4, -0.2) is 18.5 Å². The molecule has 0 aliphatic heterocycles. The van der Waals surface area contributed by atoms with Crippen LogP contribution in [0.25, 0.3) is 0 Å². The first-order valence-electron chi connectivity index (χ1n) is 4.19. The molecular formula is C9H8F4O2. The van der Waals surface area contributed by atoms with Gasteiger partial charge in [-0.3, -0.25) is 4.79 Å². The lowest BCUT2D eigenvalue weighted by molar-refractivity contribution is -0.155. The largest absolute Gasteiger partial charge is 0.465 e. The number of esters is 1. The summed E-state index contributed by atoms with van der Waals surface area (Å²) in [6.07, 6.45) is 0.0112. The van der Waals surface area contributed by atoms with Crippen molar-refractivity contribution in [3.8, 4) is 0 Å². The first-order chi connectivity index (χ1) is 6.88. The van der Waals surface area contributed by atoms with Crippen LogP contribution < -0.4 is 0 Å². The highest BCUT2D eigenvalue weighted by molar-refractivity contribution is 5.77. The van der Waals surface area contributed by atoms with E-state index < -0.39 is 29.5 Å². The third-order valence-electron chi connectivity index (χ3n) is 1.82. The van der Waals surface area contributed by atoms with Gasteiger partial charge in [-0.15, -0.1) is 0 Å².